The van der Waals surface area contributed by atoms with Crippen molar-refractivity contribution in [3.8, 4) is 0 Å². The third-order valence-electron chi connectivity index (χ3n) is 3.58. The molecule has 5 heteroatoms. The maximum atomic E-state index is 10.7. The van der Waals surface area contributed by atoms with E-state index in [1.807, 2.05) is 0 Å². The SMILES string of the molecule is CCCC(C)N(CCC(C)(C)C)c1ccc([N+](=O)[O-])cn1. The molecule has 0 aliphatic rings. The Balaban J connectivity index is 2.91. The Morgan fingerprint density at radius 1 is 1.38 bits per heavy atom. The monoisotopic (exact) mass is 293 g/mol. The Bertz CT molecular complexity index is 452. The van der Waals surface area contributed by atoms with Crippen LogP contribution in [0.5, 0.6) is 0 Å². The van der Waals surface area contributed by atoms with Crippen LogP contribution >= 0.6 is 0 Å². The van der Waals surface area contributed by atoms with E-state index < -0.39 is 4.92 Å². The maximum absolute atomic E-state index is 10.7. The number of pyridine rings is 1. The Kier molecular flexibility index (Phi) is 6.12. The molecule has 0 N–H and O–H groups in total. The third-order valence-corrected chi connectivity index (χ3v) is 3.58. The van der Waals surface area contributed by atoms with Gasteiger partial charge in [0.15, 0.2) is 0 Å². The largest absolute Gasteiger partial charge is 0.354 e. The van der Waals surface area contributed by atoms with Gasteiger partial charge in [0.1, 0.15) is 12.0 Å². The normalized spacial score (nSPS) is 13.0. The number of hydrogen-bond donors (Lipinski definition) is 0. The van der Waals surface area contributed by atoms with Gasteiger partial charge in [0, 0.05) is 18.7 Å². The molecule has 0 aliphatic heterocycles. The van der Waals surface area contributed by atoms with Gasteiger partial charge < -0.3 is 4.90 Å². The second-order valence-corrected chi connectivity index (χ2v) is 6.77. The summed E-state index contributed by atoms with van der Waals surface area (Å²) in [6.07, 6.45) is 4.60. The summed E-state index contributed by atoms with van der Waals surface area (Å²) in [4.78, 5) is 16.9. The van der Waals surface area contributed by atoms with E-state index in [0.717, 1.165) is 31.6 Å². The summed E-state index contributed by atoms with van der Waals surface area (Å²) in [5, 5.41) is 10.7. The molecule has 0 aliphatic carbocycles. The summed E-state index contributed by atoms with van der Waals surface area (Å²) in [5.74, 6) is 0.825. The molecule has 1 aromatic rings. The van der Waals surface area contributed by atoms with Crippen LogP contribution < -0.4 is 4.90 Å². The molecule has 5 nitrogen and oxygen atoms in total. The van der Waals surface area contributed by atoms with Crippen molar-refractivity contribution in [2.45, 2.75) is 59.9 Å². The fourth-order valence-electron chi connectivity index (χ4n) is 2.25. The molecule has 21 heavy (non-hydrogen) atoms. The van der Waals surface area contributed by atoms with E-state index in [1.165, 1.54) is 12.3 Å². The van der Waals surface area contributed by atoms with Crippen LogP contribution in [0.15, 0.2) is 18.3 Å². The molecular weight excluding hydrogens is 266 g/mol. The predicted octanol–water partition coefficient (Wildman–Crippen LogP) is 4.42. The van der Waals surface area contributed by atoms with Crippen LogP contribution in [0.1, 0.15) is 53.9 Å². The first kappa shape index (κ1) is 17.4. The molecule has 0 radical (unpaired) electrons. The van der Waals surface area contributed by atoms with E-state index in [-0.39, 0.29) is 11.1 Å². The van der Waals surface area contributed by atoms with E-state index >= 15 is 0 Å². The van der Waals surface area contributed by atoms with E-state index in [9.17, 15) is 10.1 Å². The van der Waals surface area contributed by atoms with Crippen molar-refractivity contribution >= 4 is 11.5 Å². The van der Waals surface area contributed by atoms with Gasteiger partial charge in [0.25, 0.3) is 5.69 Å². The molecule has 0 saturated carbocycles. The zero-order valence-electron chi connectivity index (χ0n) is 13.8. The van der Waals surface area contributed by atoms with E-state index in [1.54, 1.807) is 6.07 Å². The lowest BCUT2D eigenvalue weighted by Crippen LogP contribution is -2.36. The molecule has 0 amide bonds. The second-order valence-electron chi connectivity index (χ2n) is 6.77. The first-order valence-corrected chi connectivity index (χ1v) is 7.61. The van der Waals surface area contributed by atoms with Crippen molar-refractivity contribution in [2.24, 2.45) is 5.41 Å². The molecule has 1 atom stereocenters. The zero-order chi connectivity index (χ0) is 16.0. The zero-order valence-corrected chi connectivity index (χ0v) is 13.8. The standard InChI is InChI=1S/C16H27N3O2/c1-6-7-13(2)18(11-10-16(3,4)5)15-9-8-14(12-17-15)19(20)21/h8-9,12-13H,6-7,10-11H2,1-5H3. The molecular formula is C16H27N3O2. The van der Waals surface area contributed by atoms with Gasteiger partial charge >= 0.3 is 0 Å². The molecule has 0 fully saturated rings. The highest BCUT2D eigenvalue weighted by atomic mass is 16.6. The molecule has 118 valence electrons. The first-order valence-electron chi connectivity index (χ1n) is 7.61. The van der Waals surface area contributed by atoms with E-state index in [4.69, 9.17) is 0 Å². The summed E-state index contributed by atoms with van der Waals surface area (Å²) in [7, 11) is 0. The molecule has 1 rings (SSSR count). The van der Waals surface area contributed by atoms with Crippen LogP contribution in [0.3, 0.4) is 0 Å². The van der Waals surface area contributed by atoms with Crippen LogP contribution in [0.4, 0.5) is 11.5 Å². The van der Waals surface area contributed by atoms with Gasteiger partial charge in [0.2, 0.25) is 0 Å². The van der Waals surface area contributed by atoms with Crippen LogP contribution in [0, 0.1) is 15.5 Å². The van der Waals surface area contributed by atoms with Gasteiger partial charge in [0.05, 0.1) is 4.92 Å². The molecule has 1 heterocycles. The lowest BCUT2D eigenvalue weighted by molar-refractivity contribution is -0.385. The lowest BCUT2D eigenvalue weighted by Gasteiger charge is -2.32. The Morgan fingerprint density at radius 3 is 2.48 bits per heavy atom. The summed E-state index contributed by atoms with van der Waals surface area (Å²) < 4.78 is 0. The van der Waals surface area contributed by atoms with Crippen molar-refractivity contribution in [2.75, 3.05) is 11.4 Å². The molecule has 0 spiro atoms. The average molecular weight is 293 g/mol. The highest BCUT2D eigenvalue weighted by Gasteiger charge is 2.19. The molecule has 0 saturated heterocycles. The highest BCUT2D eigenvalue weighted by Crippen LogP contribution is 2.24. The first-order chi connectivity index (χ1) is 9.74. The molecule has 1 aromatic heterocycles. The Labute approximate surface area is 127 Å². The Hall–Kier alpha value is -1.65. The van der Waals surface area contributed by atoms with Crippen molar-refractivity contribution in [1.29, 1.82) is 0 Å². The van der Waals surface area contributed by atoms with Crippen LogP contribution in [-0.2, 0) is 0 Å². The van der Waals surface area contributed by atoms with E-state index in [0.29, 0.717) is 6.04 Å². The summed E-state index contributed by atoms with van der Waals surface area (Å²) in [6.45, 7) is 11.9. The molecule has 0 bridgehead atoms. The average Bonchev–Trinajstić information content (AvgIpc) is 2.38. The number of hydrogen-bond acceptors (Lipinski definition) is 4. The van der Waals surface area contributed by atoms with Crippen LogP contribution in [0.25, 0.3) is 0 Å². The number of rotatable bonds is 7. The molecule has 0 aromatic carbocycles. The Morgan fingerprint density at radius 2 is 2.05 bits per heavy atom. The fraction of sp³-hybridized carbons (Fsp3) is 0.688. The van der Waals surface area contributed by atoms with Gasteiger partial charge in [-0.3, -0.25) is 10.1 Å². The predicted molar refractivity (Wildman–Crippen MR) is 86.7 cm³/mol. The number of aromatic nitrogens is 1. The summed E-state index contributed by atoms with van der Waals surface area (Å²) in [5.41, 5.74) is 0.294. The van der Waals surface area contributed by atoms with Gasteiger partial charge in [-0.15, -0.1) is 0 Å². The summed E-state index contributed by atoms with van der Waals surface area (Å²) in [6, 6.07) is 3.67. The quantitative estimate of drug-likeness (QED) is 0.551. The van der Waals surface area contributed by atoms with Crippen molar-refractivity contribution in [3.63, 3.8) is 0 Å². The van der Waals surface area contributed by atoms with Gasteiger partial charge in [-0.1, -0.05) is 34.1 Å². The minimum atomic E-state index is -0.411. The maximum Gasteiger partial charge on any atom is 0.287 e. The number of nitro groups is 1. The van der Waals surface area contributed by atoms with Crippen molar-refractivity contribution in [3.05, 3.63) is 28.4 Å². The van der Waals surface area contributed by atoms with Crippen LogP contribution in [0.2, 0.25) is 0 Å². The summed E-state index contributed by atoms with van der Waals surface area (Å²) >= 11 is 0. The third kappa shape index (κ3) is 5.69. The van der Waals surface area contributed by atoms with Crippen molar-refractivity contribution in [1.82, 2.24) is 4.98 Å². The highest BCUT2D eigenvalue weighted by molar-refractivity contribution is 5.43. The van der Waals surface area contributed by atoms with Gasteiger partial charge in [-0.2, -0.15) is 0 Å². The minimum absolute atomic E-state index is 0.0395. The molecule has 1 unspecified atom stereocenters. The van der Waals surface area contributed by atoms with E-state index in [2.05, 4.69) is 44.5 Å². The van der Waals surface area contributed by atoms with Gasteiger partial charge in [-0.25, -0.2) is 4.98 Å². The van der Waals surface area contributed by atoms with Gasteiger partial charge in [-0.05, 0) is 31.2 Å². The second kappa shape index (κ2) is 7.38. The number of nitrogens with zero attached hydrogens (tertiary/aromatic N) is 3. The lowest BCUT2D eigenvalue weighted by atomic mass is 9.92. The number of anilines is 1. The smallest absolute Gasteiger partial charge is 0.287 e. The minimum Gasteiger partial charge on any atom is -0.354 e. The topological polar surface area (TPSA) is 59.3 Å². The van der Waals surface area contributed by atoms with Crippen molar-refractivity contribution < 1.29 is 4.92 Å². The van der Waals surface area contributed by atoms with Crippen LogP contribution in [-0.4, -0.2) is 22.5 Å². The fourth-order valence-corrected chi connectivity index (χ4v) is 2.25.